The molecule has 1 aliphatic rings. The van der Waals surface area contributed by atoms with Gasteiger partial charge in [-0.25, -0.2) is 0 Å². The minimum Gasteiger partial charge on any atom is -0.383 e. The number of methoxy groups -OCH3 is 2. The zero-order valence-electron chi connectivity index (χ0n) is 12.6. The van der Waals surface area contributed by atoms with E-state index < -0.39 is 0 Å². The van der Waals surface area contributed by atoms with Crippen molar-refractivity contribution in [3.63, 3.8) is 0 Å². The van der Waals surface area contributed by atoms with Crippen LogP contribution < -0.4 is 5.32 Å². The Hall–Kier alpha value is -0.200. The van der Waals surface area contributed by atoms with Crippen molar-refractivity contribution in [2.45, 2.75) is 25.9 Å². The van der Waals surface area contributed by atoms with Crippen LogP contribution in [-0.4, -0.2) is 66.4 Å². The van der Waals surface area contributed by atoms with Crippen LogP contribution in [-0.2, 0) is 18.9 Å². The highest BCUT2D eigenvalue weighted by molar-refractivity contribution is 4.91. The first-order valence-corrected chi connectivity index (χ1v) is 7.13. The van der Waals surface area contributed by atoms with Gasteiger partial charge in [0, 0.05) is 45.9 Å². The van der Waals surface area contributed by atoms with Gasteiger partial charge >= 0.3 is 0 Å². The van der Waals surface area contributed by atoms with Gasteiger partial charge in [0.1, 0.15) is 0 Å². The van der Waals surface area contributed by atoms with Crippen LogP contribution in [0.2, 0.25) is 0 Å². The summed E-state index contributed by atoms with van der Waals surface area (Å²) in [6.45, 7) is 7.70. The molecule has 5 heteroatoms. The van der Waals surface area contributed by atoms with Crippen LogP contribution in [0.3, 0.4) is 0 Å². The molecule has 0 radical (unpaired) electrons. The van der Waals surface area contributed by atoms with Crippen molar-refractivity contribution in [1.82, 2.24) is 5.32 Å². The first-order chi connectivity index (χ1) is 9.25. The molecule has 0 bridgehead atoms. The van der Waals surface area contributed by atoms with Gasteiger partial charge in [0.05, 0.1) is 25.9 Å². The predicted octanol–water partition coefficient (Wildman–Crippen LogP) is 1.07. The molecule has 19 heavy (non-hydrogen) atoms. The van der Waals surface area contributed by atoms with Crippen LogP contribution in [0, 0.1) is 5.41 Å². The van der Waals surface area contributed by atoms with E-state index in [9.17, 15) is 0 Å². The molecular formula is C14H29NO4. The van der Waals surface area contributed by atoms with Gasteiger partial charge < -0.3 is 24.3 Å². The van der Waals surface area contributed by atoms with E-state index in [4.69, 9.17) is 18.9 Å². The van der Waals surface area contributed by atoms with Gasteiger partial charge in [-0.15, -0.1) is 0 Å². The topological polar surface area (TPSA) is 49.0 Å². The van der Waals surface area contributed by atoms with Crippen molar-refractivity contribution in [1.29, 1.82) is 0 Å². The Morgan fingerprint density at radius 1 is 1.16 bits per heavy atom. The van der Waals surface area contributed by atoms with Gasteiger partial charge in [-0.3, -0.25) is 0 Å². The van der Waals surface area contributed by atoms with E-state index in [1.54, 1.807) is 14.2 Å². The van der Waals surface area contributed by atoms with Crippen molar-refractivity contribution in [3.05, 3.63) is 0 Å². The van der Waals surface area contributed by atoms with Crippen LogP contribution in [0.5, 0.6) is 0 Å². The van der Waals surface area contributed by atoms with Crippen LogP contribution in [0.15, 0.2) is 0 Å². The summed E-state index contributed by atoms with van der Waals surface area (Å²) >= 11 is 0. The summed E-state index contributed by atoms with van der Waals surface area (Å²) in [5.41, 5.74) is 0.195. The molecule has 0 aromatic carbocycles. The molecule has 1 rings (SSSR count). The second-order valence-corrected chi connectivity index (χ2v) is 5.15. The molecule has 0 amide bonds. The lowest BCUT2D eigenvalue weighted by Gasteiger charge is -2.32. The van der Waals surface area contributed by atoms with Crippen molar-refractivity contribution < 1.29 is 18.9 Å². The zero-order chi connectivity index (χ0) is 14.0. The summed E-state index contributed by atoms with van der Waals surface area (Å²) in [6, 6.07) is 0. The molecule has 0 saturated carbocycles. The lowest BCUT2D eigenvalue weighted by atomic mass is 9.78. The third kappa shape index (κ3) is 5.75. The Labute approximate surface area is 116 Å². The molecule has 0 aromatic rings. The van der Waals surface area contributed by atoms with Gasteiger partial charge in [0.2, 0.25) is 0 Å². The normalized spacial score (nSPS) is 27.0. The highest BCUT2D eigenvalue weighted by Gasteiger charge is 2.40. The molecule has 0 aliphatic carbocycles. The van der Waals surface area contributed by atoms with Crippen LogP contribution in [0.1, 0.15) is 19.8 Å². The van der Waals surface area contributed by atoms with Crippen LogP contribution in [0.4, 0.5) is 0 Å². The molecule has 5 nitrogen and oxygen atoms in total. The van der Waals surface area contributed by atoms with Gasteiger partial charge in [-0.05, 0) is 19.8 Å². The SMILES string of the molecule is COCCNCC1(CCOCCOC)CCOC1C. The molecule has 2 atom stereocenters. The Balaban J connectivity index is 2.29. The quantitative estimate of drug-likeness (QED) is 0.572. The summed E-state index contributed by atoms with van der Waals surface area (Å²) in [5, 5.41) is 3.47. The zero-order valence-corrected chi connectivity index (χ0v) is 12.6. The van der Waals surface area contributed by atoms with E-state index in [0.29, 0.717) is 13.2 Å². The van der Waals surface area contributed by atoms with E-state index in [1.807, 2.05) is 0 Å². The molecule has 1 saturated heterocycles. The molecule has 114 valence electrons. The van der Waals surface area contributed by atoms with E-state index in [0.717, 1.165) is 45.8 Å². The first kappa shape index (κ1) is 16.9. The van der Waals surface area contributed by atoms with E-state index >= 15 is 0 Å². The minimum atomic E-state index is 0.195. The summed E-state index contributed by atoms with van der Waals surface area (Å²) in [5.74, 6) is 0. The molecule has 1 heterocycles. The third-order valence-electron chi connectivity index (χ3n) is 3.97. The Kier molecular flexibility index (Phi) is 8.57. The average Bonchev–Trinajstić information content (AvgIpc) is 2.77. The first-order valence-electron chi connectivity index (χ1n) is 7.13. The van der Waals surface area contributed by atoms with E-state index in [1.165, 1.54) is 0 Å². The fourth-order valence-electron chi connectivity index (χ4n) is 2.50. The summed E-state index contributed by atoms with van der Waals surface area (Å²) in [7, 11) is 3.42. The Morgan fingerprint density at radius 3 is 2.58 bits per heavy atom. The van der Waals surface area contributed by atoms with Gasteiger partial charge in [0.25, 0.3) is 0 Å². The van der Waals surface area contributed by atoms with Crippen molar-refractivity contribution in [3.8, 4) is 0 Å². The summed E-state index contributed by atoms with van der Waals surface area (Å²) in [4.78, 5) is 0. The van der Waals surface area contributed by atoms with E-state index in [2.05, 4.69) is 12.2 Å². The molecule has 0 aromatic heterocycles. The molecule has 1 N–H and O–H groups in total. The van der Waals surface area contributed by atoms with Gasteiger partial charge in [-0.2, -0.15) is 0 Å². The van der Waals surface area contributed by atoms with Gasteiger partial charge in [-0.1, -0.05) is 0 Å². The number of rotatable bonds is 11. The maximum atomic E-state index is 5.75. The number of ether oxygens (including phenoxy) is 4. The van der Waals surface area contributed by atoms with Crippen molar-refractivity contribution >= 4 is 0 Å². The van der Waals surface area contributed by atoms with Gasteiger partial charge in [0.15, 0.2) is 0 Å². The van der Waals surface area contributed by atoms with Crippen LogP contribution in [0.25, 0.3) is 0 Å². The molecular weight excluding hydrogens is 246 g/mol. The fraction of sp³-hybridized carbons (Fsp3) is 1.00. The fourth-order valence-corrected chi connectivity index (χ4v) is 2.50. The maximum Gasteiger partial charge on any atom is 0.0700 e. The monoisotopic (exact) mass is 275 g/mol. The largest absolute Gasteiger partial charge is 0.383 e. The third-order valence-corrected chi connectivity index (χ3v) is 3.97. The number of hydrogen-bond acceptors (Lipinski definition) is 5. The molecule has 1 fully saturated rings. The van der Waals surface area contributed by atoms with Crippen molar-refractivity contribution in [2.75, 3.05) is 60.3 Å². The summed E-state index contributed by atoms with van der Waals surface area (Å²) < 4.78 is 21.4. The van der Waals surface area contributed by atoms with E-state index in [-0.39, 0.29) is 11.5 Å². The second-order valence-electron chi connectivity index (χ2n) is 5.15. The standard InChI is InChI=1S/C14H29NO4/c1-13-14(5-8-19-13,12-15-6-9-16-2)4-7-18-11-10-17-3/h13,15H,4-12H2,1-3H3. The predicted molar refractivity (Wildman–Crippen MR) is 74.5 cm³/mol. The van der Waals surface area contributed by atoms with Crippen molar-refractivity contribution in [2.24, 2.45) is 5.41 Å². The average molecular weight is 275 g/mol. The lowest BCUT2D eigenvalue weighted by Crippen LogP contribution is -2.41. The summed E-state index contributed by atoms with van der Waals surface area (Å²) in [6.07, 6.45) is 2.41. The highest BCUT2D eigenvalue weighted by Crippen LogP contribution is 2.37. The van der Waals surface area contributed by atoms with Crippen LogP contribution >= 0.6 is 0 Å². The smallest absolute Gasteiger partial charge is 0.0700 e. The second kappa shape index (κ2) is 9.66. The molecule has 1 aliphatic heterocycles. The number of hydrogen-bond donors (Lipinski definition) is 1. The molecule has 2 unspecified atom stereocenters. The number of nitrogens with one attached hydrogen (secondary N) is 1. The lowest BCUT2D eigenvalue weighted by molar-refractivity contribution is 0.0203. The maximum absolute atomic E-state index is 5.75. The Bertz CT molecular complexity index is 227. The Morgan fingerprint density at radius 2 is 1.95 bits per heavy atom. The highest BCUT2D eigenvalue weighted by atomic mass is 16.5. The minimum absolute atomic E-state index is 0.195. The molecule has 0 spiro atoms.